The molecule has 0 saturated heterocycles. The van der Waals surface area contributed by atoms with Crippen LogP contribution in [0.5, 0.6) is 0 Å². The predicted molar refractivity (Wildman–Crippen MR) is 106 cm³/mol. The lowest BCUT2D eigenvalue weighted by Crippen LogP contribution is -2.09. The Morgan fingerprint density at radius 1 is 1.15 bits per heavy atom. The maximum absolute atomic E-state index is 13.0. The molecule has 3 rings (SSSR count). The van der Waals surface area contributed by atoms with Gasteiger partial charge in [-0.1, -0.05) is 42.5 Å². The summed E-state index contributed by atoms with van der Waals surface area (Å²) in [6, 6.07) is 13.8. The summed E-state index contributed by atoms with van der Waals surface area (Å²) in [7, 11) is 0. The third kappa shape index (κ3) is 5.40. The summed E-state index contributed by atoms with van der Waals surface area (Å²) in [5, 5.41) is 6.87. The Morgan fingerprint density at radius 2 is 1.96 bits per heavy atom. The molecular formula is C21H19FN4O. The molecule has 1 heterocycles. The van der Waals surface area contributed by atoms with E-state index in [9.17, 15) is 9.18 Å². The van der Waals surface area contributed by atoms with Gasteiger partial charge in [-0.15, -0.1) is 0 Å². The fourth-order valence-electron chi connectivity index (χ4n) is 2.42. The number of nitrogens with one attached hydrogen (secondary N) is 1. The van der Waals surface area contributed by atoms with Crippen molar-refractivity contribution in [2.45, 2.75) is 6.54 Å². The lowest BCUT2D eigenvalue weighted by atomic mass is 10.2. The number of hydrogen-bond donors (Lipinski definition) is 2. The summed E-state index contributed by atoms with van der Waals surface area (Å²) >= 11 is 0. The topological polar surface area (TPSA) is 72.9 Å². The van der Waals surface area contributed by atoms with Gasteiger partial charge in [0.2, 0.25) is 5.91 Å². The zero-order valence-corrected chi connectivity index (χ0v) is 14.5. The second kappa shape index (κ2) is 8.62. The Labute approximate surface area is 156 Å². The number of nitrogens with two attached hydrogens (primary N) is 1. The first-order chi connectivity index (χ1) is 13.1. The number of halogens is 1. The highest BCUT2D eigenvalue weighted by Crippen LogP contribution is 2.19. The van der Waals surface area contributed by atoms with E-state index in [0.29, 0.717) is 12.2 Å². The average Bonchev–Trinajstić information content (AvgIpc) is 3.11. The van der Waals surface area contributed by atoms with Crippen molar-refractivity contribution in [3.8, 4) is 0 Å². The molecule has 2 aromatic carbocycles. The van der Waals surface area contributed by atoms with Crippen molar-refractivity contribution in [1.29, 1.82) is 0 Å². The number of amides is 1. The van der Waals surface area contributed by atoms with Crippen molar-refractivity contribution >= 4 is 29.4 Å². The monoisotopic (exact) mass is 362 g/mol. The van der Waals surface area contributed by atoms with E-state index in [1.807, 2.05) is 48.7 Å². The standard InChI is InChI=1S/C21H19FN4O/c22-18-9-10-20(19(23)13-18)25-21(27)11-8-17-14-24-26(15-17)12-4-7-16-5-2-1-3-6-16/h1-11,13-15H,12,23H2,(H,25,27)/b7-4-,11-8-. The minimum Gasteiger partial charge on any atom is -0.397 e. The number of carbonyl (C=O) groups excluding carboxylic acids is 1. The van der Waals surface area contributed by atoms with Crippen LogP contribution in [0.25, 0.3) is 12.2 Å². The van der Waals surface area contributed by atoms with Gasteiger partial charge in [0.15, 0.2) is 0 Å². The molecule has 0 radical (unpaired) electrons. The van der Waals surface area contributed by atoms with Crippen LogP contribution in [-0.4, -0.2) is 15.7 Å². The quantitative estimate of drug-likeness (QED) is 0.515. The Kier molecular flexibility index (Phi) is 5.79. The van der Waals surface area contributed by atoms with Crippen LogP contribution in [-0.2, 0) is 11.3 Å². The summed E-state index contributed by atoms with van der Waals surface area (Å²) in [5.74, 6) is -0.806. The van der Waals surface area contributed by atoms with Gasteiger partial charge in [0, 0.05) is 17.8 Å². The van der Waals surface area contributed by atoms with Gasteiger partial charge in [-0.3, -0.25) is 9.48 Å². The van der Waals surface area contributed by atoms with Gasteiger partial charge in [0.1, 0.15) is 5.82 Å². The van der Waals surface area contributed by atoms with Crippen molar-refractivity contribution in [3.05, 3.63) is 90.0 Å². The van der Waals surface area contributed by atoms with Gasteiger partial charge in [-0.2, -0.15) is 5.10 Å². The number of allylic oxidation sites excluding steroid dienone is 1. The third-order valence-electron chi connectivity index (χ3n) is 3.75. The molecule has 3 aromatic rings. The SMILES string of the molecule is Nc1cc(F)ccc1NC(=O)/C=C\c1cnn(C/C=C\c2ccccc2)c1. The summed E-state index contributed by atoms with van der Waals surface area (Å²) in [6.45, 7) is 0.626. The van der Waals surface area contributed by atoms with E-state index in [4.69, 9.17) is 5.73 Å². The summed E-state index contributed by atoms with van der Waals surface area (Å²) in [4.78, 5) is 12.0. The van der Waals surface area contributed by atoms with Crippen molar-refractivity contribution in [1.82, 2.24) is 9.78 Å². The van der Waals surface area contributed by atoms with Gasteiger partial charge >= 0.3 is 0 Å². The first kappa shape index (κ1) is 18.1. The van der Waals surface area contributed by atoms with E-state index >= 15 is 0 Å². The molecule has 3 N–H and O–H groups in total. The Balaban J connectivity index is 1.55. The lowest BCUT2D eigenvalue weighted by Gasteiger charge is -2.05. The van der Waals surface area contributed by atoms with E-state index in [1.165, 1.54) is 18.2 Å². The number of benzene rings is 2. The molecule has 6 heteroatoms. The van der Waals surface area contributed by atoms with E-state index in [0.717, 1.165) is 17.2 Å². The van der Waals surface area contributed by atoms with Crippen LogP contribution in [0.2, 0.25) is 0 Å². The number of anilines is 2. The van der Waals surface area contributed by atoms with Gasteiger partial charge in [-0.25, -0.2) is 4.39 Å². The molecule has 0 aliphatic rings. The molecule has 0 atom stereocenters. The maximum atomic E-state index is 13.0. The van der Waals surface area contributed by atoms with Crippen LogP contribution in [0.4, 0.5) is 15.8 Å². The van der Waals surface area contributed by atoms with Crippen LogP contribution in [0, 0.1) is 5.82 Å². The van der Waals surface area contributed by atoms with Crippen molar-refractivity contribution < 1.29 is 9.18 Å². The first-order valence-electron chi connectivity index (χ1n) is 8.38. The first-order valence-corrected chi connectivity index (χ1v) is 8.38. The second-order valence-corrected chi connectivity index (χ2v) is 5.86. The molecule has 0 saturated carbocycles. The lowest BCUT2D eigenvalue weighted by molar-refractivity contribution is -0.111. The minimum absolute atomic E-state index is 0.176. The maximum Gasteiger partial charge on any atom is 0.248 e. The number of hydrogen-bond acceptors (Lipinski definition) is 3. The number of nitrogens with zero attached hydrogens (tertiary/aromatic N) is 2. The highest BCUT2D eigenvalue weighted by molar-refractivity contribution is 6.03. The fraction of sp³-hybridized carbons (Fsp3) is 0.0476. The highest BCUT2D eigenvalue weighted by atomic mass is 19.1. The van der Waals surface area contributed by atoms with Crippen LogP contribution in [0.15, 0.2) is 73.1 Å². The van der Waals surface area contributed by atoms with Crippen molar-refractivity contribution in [2.75, 3.05) is 11.1 Å². The third-order valence-corrected chi connectivity index (χ3v) is 3.75. The smallest absolute Gasteiger partial charge is 0.248 e. The molecule has 136 valence electrons. The van der Waals surface area contributed by atoms with Crippen LogP contribution in [0.1, 0.15) is 11.1 Å². The molecule has 27 heavy (non-hydrogen) atoms. The zero-order chi connectivity index (χ0) is 19.1. The number of carbonyl (C=O) groups is 1. The fourth-order valence-corrected chi connectivity index (χ4v) is 2.42. The van der Waals surface area contributed by atoms with Crippen LogP contribution >= 0.6 is 0 Å². The van der Waals surface area contributed by atoms with Crippen LogP contribution in [0.3, 0.4) is 0 Å². The predicted octanol–water partition coefficient (Wildman–Crippen LogP) is 3.97. The Hall–Kier alpha value is -3.67. The van der Waals surface area contributed by atoms with Gasteiger partial charge in [0.25, 0.3) is 0 Å². The number of rotatable bonds is 6. The Bertz CT molecular complexity index is 977. The van der Waals surface area contributed by atoms with Crippen molar-refractivity contribution in [3.63, 3.8) is 0 Å². The van der Waals surface area contributed by atoms with Gasteiger partial charge in [0.05, 0.1) is 24.1 Å². The van der Waals surface area contributed by atoms with Crippen LogP contribution < -0.4 is 11.1 Å². The van der Waals surface area contributed by atoms with Crippen molar-refractivity contribution in [2.24, 2.45) is 0 Å². The zero-order valence-electron chi connectivity index (χ0n) is 14.5. The molecular weight excluding hydrogens is 343 g/mol. The van der Waals surface area contributed by atoms with E-state index < -0.39 is 5.82 Å². The van der Waals surface area contributed by atoms with E-state index in [1.54, 1.807) is 17.0 Å². The molecule has 1 aromatic heterocycles. The summed E-state index contributed by atoms with van der Waals surface area (Å²) in [6.07, 6.45) is 10.6. The highest BCUT2D eigenvalue weighted by Gasteiger charge is 2.03. The minimum atomic E-state index is -0.449. The molecule has 0 bridgehead atoms. The normalized spacial score (nSPS) is 11.3. The number of aromatic nitrogens is 2. The molecule has 1 amide bonds. The molecule has 0 aliphatic carbocycles. The molecule has 5 nitrogen and oxygen atoms in total. The summed E-state index contributed by atoms with van der Waals surface area (Å²) < 4.78 is 14.8. The second-order valence-electron chi connectivity index (χ2n) is 5.86. The van der Waals surface area contributed by atoms with Gasteiger partial charge in [-0.05, 0) is 29.8 Å². The largest absolute Gasteiger partial charge is 0.397 e. The van der Waals surface area contributed by atoms with E-state index in [-0.39, 0.29) is 11.6 Å². The Morgan fingerprint density at radius 3 is 2.74 bits per heavy atom. The van der Waals surface area contributed by atoms with E-state index in [2.05, 4.69) is 10.4 Å². The molecule has 0 unspecified atom stereocenters. The average molecular weight is 362 g/mol. The molecule has 0 fully saturated rings. The summed E-state index contributed by atoms with van der Waals surface area (Å²) in [5.41, 5.74) is 8.14. The molecule has 0 aliphatic heterocycles. The number of nitrogen functional groups attached to an aromatic ring is 1. The molecule has 0 spiro atoms. The van der Waals surface area contributed by atoms with Gasteiger partial charge < -0.3 is 11.1 Å².